The van der Waals surface area contributed by atoms with Crippen LogP contribution in [0.1, 0.15) is 41.7 Å². The third-order valence-corrected chi connectivity index (χ3v) is 5.26. The highest BCUT2D eigenvalue weighted by Gasteiger charge is 2.25. The molecule has 5 heteroatoms. The van der Waals surface area contributed by atoms with Crippen molar-refractivity contribution < 1.29 is 18.6 Å². The second-order valence-electron chi connectivity index (χ2n) is 7.12. The summed E-state index contributed by atoms with van der Waals surface area (Å²) in [6.45, 7) is 0.705. The highest BCUT2D eigenvalue weighted by molar-refractivity contribution is 5.49. The average molecular weight is 373 g/mol. The lowest BCUT2D eigenvalue weighted by molar-refractivity contribution is 0.0303. The Morgan fingerprint density at radius 1 is 1.11 bits per heavy atom. The number of halogens is 1. The first-order chi connectivity index (χ1) is 13.0. The van der Waals surface area contributed by atoms with E-state index in [0.717, 1.165) is 36.3 Å². The quantitative estimate of drug-likeness (QED) is 0.713. The molecule has 0 bridgehead atoms. The molecule has 3 rings (SSSR count). The Bertz CT molecular complexity index is 761. The molecular weight excluding hydrogens is 345 g/mol. The number of fused-ring (bicyclic) bond motifs is 1. The van der Waals surface area contributed by atoms with Crippen molar-refractivity contribution in [3.05, 3.63) is 58.9 Å². The molecule has 0 saturated carbocycles. The molecule has 0 aliphatic carbocycles. The van der Waals surface area contributed by atoms with Gasteiger partial charge in [-0.15, -0.1) is 0 Å². The Morgan fingerprint density at radius 2 is 1.78 bits per heavy atom. The monoisotopic (exact) mass is 373 g/mol. The third kappa shape index (κ3) is 4.42. The molecule has 0 saturated heterocycles. The van der Waals surface area contributed by atoms with Gasteiger partial charge >= 0.3 is 0 Å². The van der Waals surface area contributed by atoms with Gasteiger partial charge in [0.2, 0.25) is 0 Å². The van der Waals surface area contributed by atoms with Gasteiger partial charge in [0.1, 0.15) is 5.82 Å². The molecule has 1 aliphatic rings. The first-order valence-corrected chi connectivity index (χ1v) is 9.31. The number of hydrogen-bond acceptors (Lipinski definition) is 4. The fraction of sp³-hybridized carbons (Fsp3) is 0.455. The van der Waals surface area contributed by atoms with E-state index >= 15 is 0 Å². The fourth-order valence-corrected chi connectivity index (χ4v) is 3.81. The lowest BCUT2D eigenvalue weighted by Gasteiger charge is -2.30. The van der Waals surface area contributed by atoms with Crippen molar-refractivity contribution in [2.45, 2.75) is 31.4 Å². The van der Waals surface area contributed by atoms with Crippen molar-refractivity contribution in [3.8, 4) is 11.5 Å². The molecule has 27 heavy (non-hydrogen) atoms. The van der Waals surface area contributed by atoms with Gasteiger partial charge in [-0.3, -0.25) is 0 Å². The minimum atomic E-state index is -0.207. The summed E-state index contributed by atoms with van der Waals surface area (Å²) in [6.07, 6.45) is 2.69. The molecule has 146 valence electrons. The van der Waals surface area contributed by atoms with Crippen LogP contribution in [0.2, 0.25) is 0 Å². The van der Waals surface area contributed by atoms with Crippen molar-refractivity contribution in [2.75, 3.05) is 34.9 Å². The van der Waals surface area contributed by atoms with Crippen LogP contribution in [0.25, 0.3) is 0 Å². The van der Waals surface area contributed by atoms with E-state index in [2.05, 4.69) is 25.1 Å². The van der Waals surface area contributed by atoms with Crippen LogP contribution in [-0.4, -0.2) is 39.8 Å². The standard InChI is InChI=1S/C22H28FNO3/c1-24(2)19(15-5-7-17(23)8-6-15)9-10-20-18-14-22(26-4)21(25-3)13-16(18)11-12-27-20/h5-8,13-14,19-20H,9-12H2,1-4H3. The first-order valence-electron chi connectivity index (χ1n) is 9.31. The molecule has 0 spiro atoms. The van der Waals surface area contributed by atoms with E-state index in [4.69, 9.17) is 14.2 Å². The summed E-state index contributed by atoms with van der Waals surface area (Å²) in [5.74, 6) is 1.28. The molecule has 0 aromatic heterocycles. The second kappa shape index (κ2) is 8.72. The number of rotatable bonds is 7. The third-order valence-electron chi connectivity index (χ3n) is 5.26. The molecule has 1 aliphatic heterocycles. The predicted octanol–water partition coefficient (Wildman–Crippen LogP) is 4.54. The van der Waals surface area contributed by atoms with Crippen molar-refractivity contribution in [1.29, 1.82) is 0 Å². The van der Waals surface area contributed by atoms with Gasteiger partial charge in [-0.05, 0) is 74.3 Å². The molecule has 2 atom stereocenters. The molecule has 2 aromatic carbocycles. The van der Waals surface area contributed by atoms with E-state index in [0.29, 0.717) is 6.61 Å². The second-order valence-corrected chi connectivity index (χ2v) is 7.12. The highest BCUT2D eigenvalue weighted by atomic mass is 19.1. The van der Waals surface area contributed by atoms with Crippen LogP contribution in [0.3, 0.4) is 0 Å². The Kier molecular flexibility index (Phi) is 6.34. The molecule has 4 nitrogen and oxygen atoms in total. The van der Waals surface area contributed by atoms with E-state index in [1.54, 1.807) is 14.2 Å². The van der Waals surface area contributed by atoms with Crippen LogP contribution in [0, 0.1) is 5.82 Å². The predicted molar refractivity (Wildman–Crippen MR) is 104 cm³/mol. The van der Waals surface area contributed by atoms with Crippen LogP contribution >= 0.6 is 0 Å². The molecule has 0 fully saturated rings. The van der Waals surface area contributed by atoms with E-state index in [1.165, 1.54) is 23.3 Å². The minimum absolute atomic E-state index is 0.0245. The van der Waals surface area contributed by atoms with Crippen molar-refractivity contribution in [3.63, 3.8) is 0 Å². The van der Waals surface area contributed by atoms with Gasteiger partial charge in [-0.25, -0.2) is 4.39 Å². The molecule has 2 unspecified atom stereocenters. The molecule has 1 heterocycles. The van der Waals surface area contributed by atoms with Crippen molar-refractivity contribution in [2.24, 2.45) is 0 Å². The zero-order valence-corrected chi connectivity index (χ0v) is 16.5. The van der Waals surface area contributed by atoms with Crippen LogP contribution in [0.4, 0.5) is 4.39 Å². The van der Waals surface area contributed by atoms with Gasteiger partial charge in [0.15, 0.2) is 11.5 Å². The topological polar surface area (TPSA) is 30.9 Å². The van der Waals surface area contributed by atoms with Crippen LogP contribution in [-0.2, 0) is 11.2 Å². The Balaban J connectivity index is 1.79. The van der Waals surface area contributed by atoms with Gasteiger partial charge in [0.25, 0.3) is 0 Å². The van der Waals surface area contributed by atoms with Crippen molar-refractivity contribution in [1.82, 2.24) is 4.90 Å². The number of benzene rings is 2. The maximum absolute atomic E-state index is 13.3. The maximum Gasteiger partial charge on any atom is 0.161 e. The molecule has 2 aromatic rings. The maximum atomic E-state index is 13.3. The number of nitrogens with zero attached hydrogens (tertiary/aromatic N) is 1. The Morgan fingerprint density at radius 3 is 2.41 bits per heavy atom. The van der Waals surface area contributed by atoms with Gasteiger partial charge in [-0.1, -0.05) is 12.1 Å². The molecule has 0 radical (unpaired) electrons. The van der Waals surface area contributed by atoms with Gasteiger partial charge in [-0.2, -0.15) is 0 Å². The van der Waals surface area contributed by atoms with Gasteiger partial charge in [0.05, 0.1) is 26.9 Å². The van der Waals surface area contributed by atoms with Crippen molar-refractivity contribution >= 4 is 0 Å². The summed E-state index contributed by atoms with van der Waals surface area (Å²) >= 11 is 0. The summed E-state index contributed by atoms with van der Waals surface area (Å²) in [4.78, 5) is 2.17. The number of hydrogen-bond donors (Lipinski definition) is 0. The lowest BCUT2D eigenvalue weighted by atomic mass is 9.91. The Labute approximate surface area is 160 Å². The number of ether oxygens (including phenoxy) is 3. The Hall–Kier alpha value is -2.11. The normalized spacial score (nSPS) is 17.5. The summed E-state index contributed by atoms with van der Waals surface area (Å²) in [7, 11) is 7.42. The largest absolute Gasteiger partial charge is 0.493 e. The lowest BCUT2D eigenvalue weighted by Crippen LogP contribution is -2.22. The van der Waals surface area contributed by atoms with Crippen LogP contribution in [0.5, 0.6) is 11.5 Å². The van der Waals surface area contributed by atoms with E-state index in [1.807, 2.05) is 18.2 Å². The zero-order valence-electron chi connectivity index (χ0n) is 16.5. The van der Waals surface area contributed by atoms with E-state index in [9.17, 15) is 4.39 Å². The smallest absolute Gasteiger partial charge is 0.161 e. The van der Waals surface area contributed by atoms with E-state index < -0.39 is 0 Å². The molecule has 0 amide bonds. The van der Waals surface area contributed by atoms with Crippen LogP contribution in [0.15, 0.2) is 36.4 Å². The molecular formula is C22H28FNO3. The summed E-state index contributed by atoms with van der Waals surface area (Å²) in [5, 5.41) is 0. The minimum Gasteiger partial charge on any atom is -0.493 e. The van der Waals surface area contributed by atoms with Crippen LogP contribution < -0.4 is 9.47 Å². The van der Waals surface area contributed by atoms with Gasteiger partial charge < -0.3 is 19.1 Å². The zero-order chi connectivity index (χ0) is 19.4. The summed E-state index contributed by atoms with van der Waals surface area (Å²) < 4.78 is 30.3. The van der Waals surface area contributed by atoms with Gasteiger partial charge in [0, 0.05) is 6.04 Å². The molecule has 0 N–H and O–H groups in total. The SMILES string of the molecule is COc1cc2c(cc1OC)C(CCC(c1ccc(F)cc1)N(C)C)OCC2. The summed E-state index contributed by atoms with van der Waals surface area (Å²) in [6, 6.07) is 11.1. The first kappa shape index (κ1) is 19.6. The summed E-state index contributed by atoms with van der Waals surface area (Å²) in [5.41, 5.74) is 3.55. The highest BCUT2D eigenvalue weighted by Crippen LogP contribution is 2.39. The fourth-order valence-electron chi connectivity index (χ4n) is 3.81. The number of methoxy groups -OCH3 is 2. The van der Waals surface area contributed by atoms with E-state index in [-0.39, 0.29) is 18.0 Å². The average Bonchev–Trinajstić information content (AvgIpc) is 2.68.